The summed E-state index contributed by atoms with van der Waals surface area (Å²) in [6.45, 7) is 1.28. The van der Waals surface area contributed by atoms with Crippen LogP contribution >= 0.6 is 0 Å². The predicted octanol–water partition coefficient (Wildman–Crippen LogP) is 0.972. The van der Waals surface area contributed by atoms with E-state index in [-0.39, 0.29) is 11.4 Å². The first-order valence-corrected chi connectivity index (χ1v) is 6.11. The van der Waals surface area contributed by atoms with Crippen LogP contribution < -0.4 is 5.32 Å². The number of amides is 1. The number of aromatic hydroxyl groups is 1. The van der Waals surface area contributed by atoms with Gasteiger partial charge in [-0.15, -0.1) is 0 Å². The molecule has 0 radical (unpaired) electrons. The maximum atomic E-state index is 11.8. The molecule has 1 amide bonds. The number of hydrogen-bond acceptors (Lipinski definition) is 5. The Bertz CT molecular complexity index is 700. The SMILES string of the molecule is Cc1cccc(-c2ccc(O)c(C(=O)NCC(=O)O)n2)n1. The van der Waals surface area contributed by atoms with Crippen LogP contribution in [0.4, 0.5) is 0 Å². The third kappa shape index (κ3) is 3.53. The average Bonchev–Trinajstić information content (AvgIpc) is 2.45. The smallest absolute Gasteiger partial charge is 0.322 e. The fourth-order valence-electron chi connectivity index (χ4n) is 1.69. The van der Waals surface area contributed by atoms with Crippen LogP contribution in [0.1, 0.15) is 16.2 Å². The van der Waals surface area contributed by atoms with Gasteiger partial charge in [-0.2, -0.15) is 0 Å². The second kappa shape index (κ2) is 6.00. The van der Waals surface area contributed by atoms with Crippen molar-refractivity contribution in [2.24, 2.45) is 0 Å². The quantitative estimate of drug-likeness (QED) is 0.772. The molecule has 2 heterocycles. The van der Waals surface area contributed by atoms with Crippen molar-refractivity contribution in [2.75, 3.05) is 6.54 Å². The Morgan fingerprint density at radius 3 is 2.52 bits per heavy atom. The Labute approximate surface area is 120 Å². The molecule has 2 aromatic heterocycles. The molecule has 3 N–H and O–H groups in total. The average molecular weight is 287 g/mol. The van der Waals surface area contributed by atoms with Gasteiger partial charge in [0.25, 0.3) is 5.91 Å². The van der Waals surface area contributed by atoms with E-state index in [0.717, 1.165) is 5.69 Å². The molecule has 0 aromatic carbocycles. The van der Waals surface area contributed by atoms with Crippen LogP contribution in [0, 0.1) is 6.92 Å². The number of carbonyl (C=O) groups excluding carboxylic acids is 1. The summed E-state index contributed by atoms with van der Waals surface area (Å²) in [5, 5.41) is 20.4. The summed E-state index contributed by atoms with van der Waals surface area (Å²) >= 11 is 0. The maximum Gasteiger partial charge on any atom is 0.322 e. The Morgan fingerprint density at radius 2 is 1.86 bits per heavy atom. The van der Waals surface area contributed by atoms with E-state index in [4.69, 9.17) is 5.11 Å². The van der Waals surface area contributed by atoms with Crippen LogP contribution in [0.2, 0.25) is 0 Å². The Hall–Kier alpha value is -2.96. The first kappa shape index (κ1) is 14.4. The van der Waals surface area contributed by atoms with Gasteiger partial charge in [0.15, 0.2) is 5.69 Å². The second-order valence-electron chi connectivity index (χ2n) is 4.30. The molecule has 2 aromatic rings. The van der Waals surface area contributed by atoms with Crippen LogP contribution in [-0.4, -0.2) is 38.6 Å². The molecule has 0 spiro atoms. The number of nitrogens with one attached hydrogen (secondary N) is 1. The minimum absolute atomic E-state index is 0.239. The van der Waals surface area contributed by atoms with Crippen LogP contribution in [-0.2, 0) is 4.79 Å². The summed E-state index contributed by atoms with van der Waals surface area (Å²) in [5.74, 6) is -2.27. The van der Waals surface area contributed by atoms with E-state index in [1.165, 1.54) is 12.1 Å². The van der Waals surface area contributed by atoms with Crippen LogP contribution in [0.3, 0.4) is 0 Å². The van der Waals surface area contributed by atoms with Gasteiger partial charge in [-0.25, -0.2) is 4.98 Å². The summed E-state index contributed by atoms with van der Waals surface area (Å²) in [5.41, 5.74) is 1.52. The number of carboxylic acid groups (broad SMARTS) is 1. The Morgan fingerprint density at radius 1 is 1.14 bits per heavy atom. The molecular formula is C14H13N3O4. The van der Waals surface area contributed by atoms with Gasteiger partial charge in [0.2, 0.25) is 0 Å². The molecule has 0 saturated carbocycles. The number of aliphatic carboxylic acids is 1. The molecule has 7 nitrogen and oxygen atoms in total. The number of pyridine rings is 2. The van der Waals surface area contributed by atoms with E-state index >= 15 is 0 Å². The molecule has 0 fully saturated rings. The van der Waals surface area contributed by atoms with Gasteiger partial charge in [0.05, 0.1) is 11.4 Å². The van der Waals surface area contributed by atoms with Crippen molar-refractivity contribution in [1.29, 1.82) is 0 Å². The first-order valence-electron chi connectivity index (χ1n) is 6.11. The summed E-state index contributed by atoms with van der Waals surface area (Å²) in [7, 11) is 0. The minimum Gasteiger partial charge on any atom is -0.505 e. The van der Waals surface area contributed by atoms with E-state index < -0.39 is 18.4 Å². The minimum atomic E-state index is -1.18. The molecular weight excluding hydrogens is 274 g/mol. The van der Waals surface area contributed by atoms with E-state index in [1.807, 2.05) is 13.0 Å². The number of nitrogens with zero attached hydrogens (tertiary/aromatic N) is 2. The highest BCUT2D eigenvalue weighted by atomic mass is 16.4. The zero-order valence-corrected chi connectivity index (χ0v) is 11.2. The van der Waals surface area contributed by atoms with Gasteiger partial charge in [-0.1, -0.05) is 6.07 Å². The lowest BCUT2D eigenvalue weighted by molar-refractivity contribution is -0.135. The molecule has 0 bridgehead atoms. The lowest BCUT2D eigenvalue weighted by atomic mass is 10.2. The summed E-state index contributed by atoms with van der Waals surface area (Å²) in [6, 6.07) is 8.21. The van der Waals surface area contributed by atoms with Gasteiger partial charge >= 0.3 is 5.97 Å². The zero-order chi connectivity index (χ0) is 15.4. The van der Waals surface area contributed by atoms with Crippen LogP contribution in [0.15, 0.2) is 30.3 Å². The van der Waals surface area contributed by atoms with E-state index in [0.29, 0.717) is 11.4 Å². The third-order valence-corrected chi connectivity index (χ3v) is 2.64. The lowest BCUT2D eigenvalue weighted by Gasteiger charge is -2.07. The molecule has 21 heavy (non-hydrogen) atoms. The van der Waals surface area contributed by atoms with Gasteiger partial charge in [0, 0.05) is 5.69 Å². The summed E-state index contributed by atoms with van der Waals surface area (Å²) in [4.78, 5) is 30.6. The predicted molar refractivity (Wildman–Crippen MR) is 73.8 cm³/mol. The number of rotatable bonds is 4. The molecule has 0 aliphatic heterocycles. The Balaban J connectivity index is 2.33. The van der Waals surface area contributed by atoms with Crippen LogP contribution in [0.5, 0.6) is 5.75 Å². The molecule has 0 aliphatic carbocycles. The Kier molecular flexibility index (Phi) is 4.13. The highest BCUT2D eigenvalue weighted by Crippen LogP contribution is 2.21. The molecule has 2 rings (SSSR count). The number of carboxylic acids is 1. The van der Waals surface area contributed by atoms with Gasteiger partial charge < -0.3 is 15.5 Å². The molecule has 0 saturated heterocycles. The van der Waals surface area contributed by atoms with Crippen molar-refractivity contribution in [2.45, 2.75) is 6.92 Å². The van der Waals surface area contributed by atoms with Crippen molar-refractivity contribution < 1.29 is 19.8 Å². The van der Waals surface area contributed by atoms with Gasteiger partial charge in [-0.05, 0) is 31.2 Å². The maximum absolute atomic E-state index is 11.8. The first-order chi connectivity index (χ1) is 9.97. The molecule has 0 aliphatic rings. The molecule has 108 valence electrons. The second-order valence-corrected chi connectivity index (χ2v) is 4.30. The normalized spacial score (nSPS) is 10.1. The fourth-order valence-corrected chi connectivity index (χ4v) is 1.69. The van der Waals surface area contributed by atoms with Crippen molar-refractivity contribution in [1.82, 2.24) is 15.3 Å². The molecule has 0 unspecified atom stereocenters. The molecule has 0 atom stereocenters. The molecule has 7 heteroatoms. The van der Waals surface area contributed by atoms with Crippen molar-refractivity contribution >= 4 is 11.9 Å². The highest BCUT2D eigenvalue weighted by Gasteiger charge is 2.15. The highest BCUT2D eigenvalue weighted by molar-refractivity contribution is 5.96. The largest absolute Gasteiger partial charge is 0.505 e. The summed E-state index contributed by atoms with van der Waals surface area (Å²) in [6.07, 6.45) is 0. The number of aryl methyl sites for hydroxylation is 1. The van der Waals surface area contributed by atoms with Crippen molar-refractivity contribution in [3.05, 3.63) is 41.7 Å². The number of hydrogen-bond donors (Lipinski definition) is 3. The number of carbonyl (C=O) groups is 2. The topological polar surface area (TPSA) is 112 Å². The number of aromatic nitrogens is 2. The zero-order valence-electron chi connectivity index (χ0n) is 11.2. The van der Waals surface area contributed by atoms with Crippen molar-refractivity contribution in [3.63, 3.8) is 0 Å². The van der Waals surface area contributed by atoms with Gasteiger partial charge in [0.1, 0.15) is 12.3 Å². The van der Waals surface area contributed by atoms with Crippen molar-refractivity contribution in [3.8, 4) is 17.1 Å². The summed E-state index contributed by atoms with van der Waals surface area (Å²) < 4.78 is 0. The standard InChI is InChI=1S/C14H13N3O4/c1-8-3-2-4-9(16-8)10-5-6-11(18)13(17-10)14(21)15-7-12(19)20/h2-6,18H,7H2,1H3,(H,15,21)(H,19,20). The lowest BCUT2D eigenvalue weighted by Crippen LogP contribution is -2.30. The van der Waals surface area contributed by atoms with Gasteiger partial charge in [-0.3, -0.25) is 14.6 Å². The van der Waals surface area contributed by atoms with Crippen LogP contribution in [0.25, 0.3) is 11.4 Å². The van der Waals surface area contributed by atoms with E-state index in [9.17, 15) is 14.7 Å². The monoisotopic (exact) mass is 287 g/mol. The fraction of sp³-hybridized carbons (Fsp3) is 0.143. The third-order valence-electron chi connectivity index (χ3n) is 2.64. The van der Waals surface area contributed by atoms with E-state index in [2.05, 4.69) is 15.3 Å². The van der Waals surface area contributed by atoms with E-state index in [1.54, 1.807) is 12.1 Å².